The van der Waals surface area contributed by atoms with E-state index in [0.717, 1.165) is 11.6 Å². The molecule has 0 fully saturated rings. The van der Waals surface area contributed by atoms with Gasteiger partial charge in [0, 0.05) is 18.5 Å². The standard InChI is InChI=1S/C14H13F2N3O/c1-9(10-3-2-6-17-8-10)18-14(20)19-13-5-4-11(15)7-12(13)16/h2-9H,1H3,(H2,18,19,20). The SMILES string of the molecule is CC(NC(=O)Nc1ccc(F)cc1F)c1cccnc1. The van der Waals surface area contributed by atoms with Crippen molar-refractivity contribution < 1.29 is 13.6 Å². The Bertz CT molecular complexity index is 605. The first-order valence-electron chi connectivity index (χ1n) is 5.99. The quantitative estimate of drug-likeness (QED) is 0.904. The van der Waals surface area contributed by atoms with Gasteiger partial charge in [-0.2, -0.15) is 0 Å². The fraction of sp³-hybridized carbons (Fsp3) is 0.143. The van der Waals surface area contributed by atoms with Crippen LogP contribution in [0.25, 0.3) is 0 Å². The number of anilines is 1. The predicted octanol–water partition coefficient (Wildman–Crippen LogP) is 3.24. The second-order valence-corrected chi connectivity index (χ2v) is 4.23. The largest absolute Gasteiger partial charge is 0.331 e. The molecule has 1 aromatic carbocycles. The van der Waals surface area contributed by atoms with E-state index in [1.807, 2.05) is 6.07 Å². The first-order chi connectivity index (χ1) is 9.56. The van der Waals surface area contributed by atoms with Crippen molar-refractivity contribution in [2.75, 3.05) is 5.32 Å². The number of urea groups is 1. The molecule has 0 saturated heterocycles. The Labute approximate surface area is 114 Å². The molecular weight excluding hydrogens is 264 g/mol. The lowest BCUT2D eigenvalue weighted by molar-refractivity contribution is 0.249. The summed E-state index contributed by atoms with van der Waals surface area (Å²) in [6, 6.07) is 5.66. The Kier molecular flexibility index (Phi) is 4.24. The summed E-state index contributed by atoms with van der Waals surface area (Å²) in [5.74, 6) is -1.52. The van der Waals surface area contributed by atoms with Crippen molar-refractivity contribution in [2.45, 2.75) is 13.0 Å². The van der Waals surface area contributed by atoms with E-state index in [9.17, 15) is 13.6 Å². The molecule has 1 aromatic heterocycles. The van der Waals surface area contributed by atoms with Gasteiger partial charge in [-0.1, -0.05) is 6.07 Å². The molecule has 4 nitrogen and oxygen atoms in total. The Morgan fingerprint density at radius 3 is 2.75 bits per heavy atom. The molecule has 0 bridgehead atoms. The summed E-state index contributed by atoms with van der Waals surface area (Å²) in [5, 5.41) is 4.96. The molecule has 0 radical (unpaired) electrons. The van der Waals surface area contributed by atoms with Crippen molar-refractivity contribution in [3.63, 3.8) is 0 Å². The first-order valence-corrected chi connectivity index (χ1v) is 5.99. The minimum absolute atomic E-state index is 0.0812. The van der Waals surface area contributed by atoms with E-state index in [4.69, 9.17) is 0 Å². The summed E-state index contributed by atoms with van der Waals surface area (Å²) < 4.78 is 26.1. The van der Waals surface area contributed by atoms with Crippen LogP contribution in [-0.4, -0.2) is 11.0 Å². The van der Waals surface area contributed by atoms with Gasteiger partial charge in [0.2, 0.25) is 0 Å². The Morgan fingerprint density at radius 2 is 2.10 bits per heavy atom. The zero-order valence-corrected chi connectivity index (χ0v) is 10.7. The second kappa shape index (κ2) is 6.10. The maximum Gasteiger partial charge on any atom is 0.319 e. The van der Waals surface area contributed by atoms with Gasteiger partial charge in [-0.25, -0.2) is 13.6 Å². The zero-order valence-electron chi connectivity index (χ0n) is 10.7. The number of rotatable bonds is 3. The number of benzene rings is 1. The molecular formula is C14H13F2N3O. The van der Waals surface area contributed by atoms with Crippen molar-refractivity contribution in [2.24, 2.45) is 0 Å². The highest BCUT2D eigenvalue weighted by Gasteiger charge is 2.11. The summed E-state index contributed by atoms with van der Waals surface area (Å²) in [7, 11) is 0. The zero-order chi connectivity index (χ0) is 14.5. The van der Waals surface area contributed by atoms with Crippen molar-refractivity contribution in [3.8, 4) is 0 Å². The van der Waals surface area contributed by atoms with Crippen LogP contribution in [-0.2, 0) is 0 Å². The monoisotopic (exact) mass is 277 g/mol. The van der Waals surface area contributed by atoms with E-state index in [1.165, 1.54) is 6.07 Å². The van der Waals surface area contributed by atoms with E-state index in [2.05, 4.69) is 15.6 Å². The van der Waals surface area contributed by atoms with Crippen molar-refractivity contribution >= 4 is 11.7 Å². The first kappa shape index (κ1) is 13.9. The number of nitrogens with zero attached hydrogens (tertiary/aromatic N) is 1. The van der Waals surface area contributed by atoms with Crippen LogP contribution in [0.5, 0.6) is 0 Å². The molecule has 1 heterocycles. The van der Waals surface area contributed by atoms with Crippen LogP contribution in [0.4, 0.5) is 19.3 Å². The average Bonchev–Trinajstić information content (AvgIpc) is 2.43. The molecule has 0 aliphatic rings. The predicted molar refractivity (Wildman–Crippen MR) is 71.2 cm³/mol. The van der Waals surface area contributed by atoms with Crippen LogP contribution in [0.3, 0.4) is 0 Å². The number of carbonyl (C=O) groups excluding carboxylic acids is 1. The summed E-state index contributed by atoms with van der Waals surface area (Å²) in [5.41, 5.74) is 0.740. The molecule has 104 valence electrons. The number of carbonyl (C=O) groups is 1. The third-order valence-electron chi connectivity index (χ3n) is 2.71. The number of hydrogen-bond donors (Lipinski definition) is 2. The summed E-state index contributed by atoms with van der Waals surface area (Å²) >= 11 is 0. The molecule has 1 atom stereocenters. The van der Waals surface area contributed by atoms with Gasteiger partial charge in [-0.15, -0.1) is 0 Å². The van der Waals surface area contributed by atoms with Gasteiger partial charge in [0.05, 0.1) is 11.7 Å². The van der Waals surface area contributed by atoms with Crippen molar-refractivity contribution in [1.82, 2.24) is 10.3 Å². The highest BCUT2D eigenvalue weighted by Crippen LogP contribution is 2.15. The van der Waals surface area contributed by atoms with Gasteiger partial charge in [0.1, 0.15) is 11.6 Å². The number of aromatic nitrogens is 1. The second-order valence-electron chi connectivity index (χ2n) is 4.23. The van der Waals surface area contributed by atoms with Crippen LogP contribution >= 0.6 is 0 Å². The topological polar surface area (TPSA) is 54.0 Å². The third kappa shape index (κ3) is 3.50. The lowest BCUT2D eigenvalue weighted by Gasteiger charge is -2.14. The van der Waals surface area contributed by atoms with Crippen LogP contribution in [0.2, 0.25) is 0 Å². The van der Waals surface area contributed by atoms with E-state index in [1.54, 1.807) is 25.4 Å². The number of halogens is 2. The van der Waals surface area contributed by atoms with Crippen molar-refractivity contribution in [1.29, 1.82) is 0 Å². The van der Waals surface area contributed by atoms with Crippen molar-refractivity contribution in [3.05, 3.63) is 59.9 Å². The van der Waals surface area contributed by atoms with Gasteiger partial charge in [-0.3, -0.25) is 4.98 Å². The third-order valence-corrected chi connectivity index (χ3v) is 2.71. The molecule has 0 aliphatic carbocycles. The molecule has 20 heavy (non-hydrogen) atoms. The molecule has 0 aliphatic heterocycles. The summed E-state index contributed by atoms with van der Waals surface area (Å²) in [6.07, 6.45) is 3.26. The van der Waals surface area contributed by atoms with Gasteiger partial charge < -0.3 is 10.6 Å². The lowest BCUT2D eigenvalue weighted by atomic mass is 10.1. The highest BCUT2D eigenvalue weighted by molar-refractivity contribution is 5.89. The molecule has 0 saturated carbocycles. The van der Waals surface area contributed by atoms with Gasteiger partial charge in [-0.05, 0) is 30.7 Å². The minimum Gasteiger partial charge on any atom is -0.331 e. The fourth-order valence-corrected chi connectivity index (χ4v) is 1.66. The summed E-state index contributed by atoms with van der Waals surface area (Å²) in [6.45, 7) is 1.78. The molecule has 2 aromatic rings. The normalized spacial score (nSPS) is 11.8. The van der Waals surface area contributed by atoms with Crippen LogP contribution in [0.15, 0.2) is 42.7 Å². The van der Waals surface area contributed by atoms with Crippen LogP contribution in [0, 0.1) is 11.6 Å². The highest BCUT2D eigenvalue weighted by atomic mass is 19.1. The molecule has 6 heteroatoms. The summed E-state index contributed by atoms with van der Waals surface area (Å²) in [4.78, 5) is 15.7. The van der Waals surface area contributed by atoms with Crippen LogP contribution in [0.1, 0.15) is 18.5 Å². The number of pyridine rings is 1. The Balaban J connectivity index is 1.99. The van der Waals surface area contributed by atoms with Gasteiger partial charge in [0.15, 0.2) is 0 Å². The van der Waals surface area contributed by atoms with Crippen LogP contribution < -0.4 is 10.6 Å². The average molecular weight is 277 g/mol. The lowest BCUT2D eigenvalue weighted by Crippen LogP contribution is -2.31. The molecule has 0 spiro atoms. The molecule has 2 amide bonds. The maximum absolute atomic E-state index is 13.4. The Morgan fingerprint density at radius 1 is 1.30 bits per heavy atom. The van der Waals surface area contributed by atoms with E-state index in [-0.39, 0.29) is 11.7 Å². The minimum atomic E-state index is -0.825. The van der Waals surface area contributed by atoms with E-state index < -0.39 is 17.7 Å². The maximum atomic E-state index is 13.4. The smallest absolute Gasteiger partial charge is 0.319 e. The number of amides is 2. The molecule has 2 rings (SSSR count). The van der Waals surface area contributed by atoms with Gasteiger partial charge in [0.25, 0.3) is 0 Å². The molecule has 1 unspecified atom stereocenters. The van der Waals surface area contributed by atoms with Gasteiger partial charge >= 0.3 is 6.03 Å². The number of nitrogens with one attached hydrogen (secondary N) is 2. The van der Waals surface area contributed by atoms with E-state index >= 15 is 0 Å². The number of hydrogen-bond acceptors (Lipinski definition) is 2. The fourth-order valence-electron chi connectivity index (χ4n) is 1.66. The Hall–Kier alpha value is -2.50. The molecule has 2 N–H and O–H groups in total. The van der Waals surface area contributed by atoms with E-state index in [0.29, 0.717) is 6.07 Å².